The van der Waals surface area contributed by atoms with Gasteiger partial charge in [0.05, 0.1) is 17.7 Å². The second kappa shape index (κ2) is 7.01. The summed E-state index contributed by atoms with van der Waals surface area (Å²) in [5.41, 5.74) is 0.919. The average Bonchev–Trinajstić information content (AvgIpc) is 2.53. The number of esters is 2. The van der Waals surface area contributed by atoms with Crippen LogP contribution in [0.25, 0.3) is 11.1 Å². The minimum Gasteiger partial charge on any atom is -0.464 e. The zero-order chi connectivity index (χ0) is 17.9. The van der Waals surface area contributed by atoms with Crippen molar-refractivity contribution in [2.45, 2.75) is 26.4 Å². The molecule has 2 rings (SSSR count). The summed E-state index contributed by atoms with van der Waals surface area (Å²) < 4.78 is 10.1. The standard InChI is InChI=1S/C18H18ClNO4/c1-18(2,3)24-16(21)13-10-11(7-8-14(13)19)12-6-5-9-20-15(12)17(22)23-4/h5-10H,1-4H3. The molecule has 0 aliphatic carbocycles. The van der Waals surface area contributed by atoms with E-state index < -0.39 is 17.5 Å². The van der Waals surface area contributed by atoms with Crippen molar-refractivity contribution in [3.05, 3.63) is 52.8 Å². The van der Waals surface area contributed by atoms with E-state index in [-0.39, 0.29) is 16.3 Å². The molecule has 0 N–H and O–H groups in total. The Labute approximate surface area is 145 Å². The molecule has 0 bridgehead atoms. The van der Waals surface area contributed by atoms with Crippen LogP contribution in [0, 0.1) is 0 Å². The van der Waals surface area contributed by atoms with E-state index in [1.165, 1.54) is 13.3 Å². The Hall–Kier alpha value is -2.40. The normalized spacial score (nSPS) is 11.0. The minimum absolute atomic E-state index is 0.164. The van der Waals surface area contributed by atoms with Crippen molar-refractivity contribution in [1.82, 2.24) is 4.98 Å². The van der Waals surface area contributed by atoms with Crippen LogP contribution in [0.5, 0.6) is 0 Å². The van der Waals surface area contributed by atoms with E-state index in [4.69, 9.17) is 21.1 Å². The Morgan fingerprint density at radius 3 is 2.46 bits per heavy atom. The van der Waals surface area contributed by atoms with E-state index in [1.54, 1.807) is 51.1 Å². The molecule has 0 amide bonds. The number of carbonyl (C=O) groups excluding carboxylic acids is 2. The number of ether oxygens (including phenoxy) is 2. The largest absolute Gasteiger partial charge is 0.464 e. The first-order chi connectivity index (χ1) is 11.2. The van der Waals surface area contributed by atoms with Crippen molar-refractivity contribution in [3.63, 3.8) is 0 Å². The van der Waals surface area contributed by atoms with Crippen LogP contribution in [0.2, 0.25) is 5.02 Å². The molecule has 24 heavy (non-hydrogen) atoms. The van der Waals surface area contributed by atoms with Gasteiger partial charge in [0.2, 0.25) is 0 Å². The molecule has 5 nitrogen and oxygen atoms in total. The van der Waals surface area contributed by atoms with Crippen LogP contribution >= 0.6 is 11.6 Å². The third-order valence-corrected chi connectivity index (χ3v) is 3.41. The topological polar surface area (TPSA) is 65.5 Å². The maximum Gasteiger partial charge on any atom is 0.357 e. The number of nitrogens with zero attached hydrogens (tertiary/aromatic N) is 1. The molecular weight excluding hydrogens is 330 g/mol. The van der Waals surface area contributed by atoms with Crippen molar-refractivity contribution in [2.24, 2.45) is 0 Å². The van der Waals surface area contributed by atoms with E-state index in [1.807, 2.05) is 0 Å². The van der Waals surface area contributed by atoms with Gasteiger partial charge in [0.25, 0.3) is 0 Å². The summed E-state index contributed by atoms with van der Waals surface area (Å²) in [7, 11) is 1.29. The molecule has 1 aromatic heterocycles. The molecule has 0 aliphatic rings. The first-order valence-corrected chi connectivity index (χ1v) is 7.67. The van der Waals surface area contributed by atoms with Gasteiger partial charge in [-0.25, -0.2) is 14.6 Å². The van der Waals surface area contributed by atoms with Crippen molar-refractivity contribution < 1.29 is 19.1 Å². The summed E-state index contributed by atoms with van der Waals surface area (Å²) in [6.07, 6.45) is 1.50. The third-order valence-electron chi connectivity index (χ3n) is 3.08. The van der Waals surface area contributed by atoms with Gasteiger partial charge in [-0.1, -0.05) is 23.7 Å². The third kappa shape index (κ3) is 4.11. The van der Waals surface area contributed by atoms with Gasteiger partial charge in [-0.2, -0.15) is 0 Å². The van der Waals surface area contributed by atoms with E-state index in [0.717, 1.165) is 0 Å². The smallest absolute Gasteiger partial charge is 0.357 e. The fourth-order valence-corrected chi connectivity index (χ4v) is 2.27. The molecule has 1 heterocycles. The zero-order valence-electron chi connectivity index (χ0n) is 13.9. The van der Waals surface area contributed by atoms with Crippen LogP contribution in [0.3, 0.4) is 0 Å². The lowest BCUT2D eigenvalue weighted by molar-refractivity contribution is 0.00696. The van der Waals surface area contributed by atoms with Crippen LogP contribution in [0.1, 0.15) is 41.6 Å². The Kier molecular flexibility index (Phi) is 5.24. The maximum atomic E-state index is 12.3. The Bertz CT molecular complexity index is 781. The molecule has 6 heteroatoms. The highest BCUT2D eigenvalue weighted by atomic mass is 35.5. The molecule has 0 unspecified atom stereocenters. The number of carbonyl (C=O) groups is 2. The highest BCUT2D eigenvalue weighted by Crippen LogP contribution is 2.28. The van der Waals surface area contributed by atoms with E-state index in [2.05, 4.69) is 4.98 Å². The van der Waals surface area contributed by atoms with Gasteiger partial charge in [0, 0.05) is 11.8 Å². The lowest BCUT2D eigenvalue weighted by Gasteiger charge is -2.20. The predicted octanol–water partition coefficient (Wildman–Crippen LogP) is 4.14. The van der Waals surface area contributed by atoms with Crippen molar-refractivity contribution >= 4 is 23.5 Å². The SMILES string of the molecule is COC(=O)c1ncccc1-c1ccc(Cl)c(C(=O)OC(C)(C)C)c1. The monoisotopic (exact) mass is 347 g/mol. The average molecular weight is 348 g/mol. The van der Waals surface area contributed by atoms with Gasteiger partial charge in [-0.05, 0) is 44.5 Å². The number of methoxy groups -OCH3 is 1. The van der Waals surface area contributed by atoms with Gasteiger partial charge < -0.3 is 9.47 Å². The van der Waals surface area contributed by atoms with Crippen molar-refractivity contribution in [2.75, 3.05) is 7.11 Å². The number of hydrogen-bond acceptors (Lipinski definition) is 5. The van der Waals surface area contributed by atoms with Crippen LogP contribution in [0.4, 0.5) is 0 Å². The highest BCUT2D eigenvalue weighted by molar-refractivity contribution is 6.33. The molecular formula is C18H18ClNO4. The molecule has 126 valence electrons. The molecule has 0 aliphatic heterocycles. The van der Waals surface area contributed by atoms with Gasteiger partial charge >= 0.3 is 11.9 Å². The summed E-state index contributed by atoms with van der Waals surface area (Å²) in [4.78, 5) is 28.3. The van der Waals surface area contributed by atoms with E-state index >= 15 is 0 Å². The number of halogens is 1. The zero-order valence-corrected chi connectivity index (χ0v) is 14.7. The second-order valence-electron chi connectivity index (χ2n) is 6.09. The molecule has 0 atom stereocenters. The Morgan fingerprint density at radius 2 is 1.83 bits per heavy atom. The van der Waals surface area contributed by atoms with Gasteiger partial charge in [-0.3, -0.25) is 0 Å². The molecule has 0 saturated heterocycles. The summed E-state index contributed by atoms with van der Waals surface area (Å²) in [5, 5.41) is 0.275. The molecule has 0 spiro atoms. The van der Waals surface area contributed by atoms with Crippen LogP contribution < -0.4 is 0 Å². The molecule has 1 aromatic carbocycles. The highest BCUT2D eigenvalue weighted by Gasteiger charge is 2.22. The van der Waals surface area contributed by atoms with Crippen LogP contribution in [-0.2, 0) is 9.47 Å². The van der Waals surface area contributed by atoms with E-state index in [9.17, 15) is 9.59 Å². The van der Waals surface area contributed by atoms with Crippen LogP contribution in [-0.4, -0.2) is 29.6 Å². The molecule has 0 saturated carbocycles. The van der Waals surface area contributed by atoms with Crippen molar-refractivity contribution in [1.29, 1.82) is 0 Å². The number of hydrogen-bond donors (Lipinski definition) is 0. The van der Waals surface area contributed by atoms with Gasteiger partial charge in [-0.15, -0.1) is 0 Å². The second-order valence-corrected chi connectivity index (χ2v) is 6.49. The molecule has 2 aromatic rings. The summed E-state index contributed by atoms with van der Waals surface area (Å²) in [5.74, 6) is -1.09. The fourth-order valence-electron chi connectivity index (χ4n) is 2.08. The Morgan fingerprint density at radius 1 is 1.12 bits per heavy atom. The first-order valence-electron chi connectivity index (χ1n) is 7.29. The minimum atomic E-state index is -0.637. The van der Waals surface area contributed by atoms with E-state index in [0.29, 0.717) is 11.1 Å². The molecule has 0 fully saturated rings. The Balaban J connectivity index is 2.50. The number of aromatic nitrogens is 1. The van der Waals surface area contributed by atoms with Gasteiger partial charge in [0.15, 0.2) is 5.69 Å². The molecule has 0 radical (unpaired) electrons. The summed E-state index contributed by atoms with van der Waals surface area (Å²) in [6, 6.07) is 8.30. The number of pyridine rings is 1. The lowest BCUT2D eigenvalue weighted by atomic mass is 10.0. The predicted molar refractivity (Wildman–Crippen MR) is 91.2 cm³/mol. The number of benzene rings is 1. The van der Waals surface area contributed by atoms with Crippen LogP contribution in [0.15, 0.2) is 36.5 Å². The first kappa shape index (κ1) is 17.9. The quantitative estimate of drug-likeness (QED) is 0.780. The summed E-state index contributed by atoms with van der Waals surface area (Å²) >= 11 is 6.13. The number of rotatable bonds is 3. The fraction of sp³-hybridized carbons (Fsp3) is 0.278. The summed E-state index contributed by atoms with van der Waals surface area (Å²) in [6.45, 7) is 5.33. The maximum absolute atomic E-state index is 12.3. The van der Waals surface area contributed by atoms with Gasteiger partial charge in [0.1, 0.15) is 5.60 Å². The lowest BCUT2D eigenvalue weighted by Crippen LogP contribution is -2.24. The van der Waals surface area contributed by atoms with Crippen molar-refractivity contribution in [3.8, 4) is 11.1 Å².